The van der Waals surface area contributed by atoms with Crippen molar-refractivity contribution in [3.8, 4) is 0 Å². The van der Waals surface area contributed by atoms with Gasteiger partial charge in [-0.3, -0.25) is 14.4 Å². The third-order valence-electron chi connectivity index (χ3n) is 3.19. The minimum Gasteiger partial charge on any atom is -0.480 e. The Balaban J connectivity index is 2.20. The van der Waals surface area contributed by atoms with Crippen molar-refractivity contribution in [3.05, 3.63) is 53.1 Å². The second-order valence-electron chi connectivity index (χ2n) is 4.63. The fourth-order valence-corrected chi connectivity index (χ4v) is 2.39. The average Bonchev–Trinajstić information content (AvgIpc) is 2.93. The van der Waals surface area contributed by atoms with E-state index in [1.165, 1.54) is 23.1 Å². The van der Waals surface area contributed by atoms with Gasteiger partial charge in [-0.2, -0.15) is 5.10 Å². The highest BCUT2D eigenvalue weighted by molar-refractivity contribution is 6.31. The third-order valence-corrected chi connectivity index (χ3v) is 3.52. The second kappa shape index (κ2) is 6.69. The molecule has 1 aromatic carbocycles. The van der Waals surface area contributed by atoms with Gasteiger partial charge in [0.25, 0.3) is 0 Å². The molecule has 112 valence electrons. The molecule has 0 aliphatic heterocycles. The Morgan fingerprint density at radius 1 is 1.52 bits per heavy atom. The molecule has 0 fully saturated rings. The summed E-state index contributed by atoms with van der Waals surface area (Å²) < 4.78 is 15.6. The van der Waals surface area contributed by atoms with Crippen LogP contribution in [0.15, 0.2) is 36.7 Å². The summed E-state index contributed by atoms with van der Waals surface area (Å²) in [6, 6.07) is 4.77. The molecule has 0 saturated carbocycles. The van der Waals surface area contributed by atoms with Gasteiger partial charge in [0.2, 0.25) is 0 Å². The van der Waals surface area contributed by atoms with E-state index < -0.39 is 17.8 Å². The first-order chi connectivity index (χ1) is 10.0. The van der Waals surface area contributed by atoms with E-state index in [1.807, 2.05) is 0 Å². The summed E-state index contributed by atoms with van der Waals surface area (Å²) in [6.07, 6.45) is 3.42. The van der Waals surface area contributed by atoms with Gasteiger partial charge in [-0.25, -0.2) is 4.39 Å². The molecule has 2 rings (SSSR count). The van der Waals surface area contributed by atoms with E-state index >= 15 is 0 Å². The molecule has 0 amide bonds. The van der Waals surface area contributed by atoms with Crippen LogP contribution in [0.25, 0.3) is 0 Å². The van der Waals surface area contributed by atoms with E-state index in [-0.39, 0.29) is 10.6 Å². The quantitative estimate of drug-likeness (QED) is 0.890. The molecule has 1 unspecified atom stereocenters. The Bertz CT molecular complexity index is 598. The molecule has 1 atom stereocenters. The molecule has 0 aliphatic rings. The number of carbonyl (C=O) groups is 1. The zero-order valence-corrected chi connectivity index (χ0v) is 12.2. The number of carboxylic acids is 1. The lowest BCUT2D eigenvalue weighted by Crippen LogP contribution is -2.34. The van der Waals surface area contributed by atoms with E-state index in [1.54, 1.807) is 30.2 Å². The van der Waals surface area contributed by atoms with Gasteiger partial charge in [-0.15, -0.1) is 0 Å². The fourth-order valence-electron chi connectivity index (χ4n) is 2.13. The van der Waals surface area contributed by atoms with Crippen molar-refractivity contribution in [1.29, 1.82) is 0 Å². The lowest BCUT2D eigenvalue weighted by molar-refractivity contribution is -0.143. The molecule has 1 heterocycles. The molecule has 1 N–H and O–H groups in total. The average molecular weight is 312 g/mol. The van der Waals surface area contributed by atoms with Crippen molar-refractivity contribution in [3.63, 3.8) is 0 Å². The number of hydrogen-bond acceptors (Lipinski definition) is 3. The summed E-state index contributed by atoms with van der Waals surface area (Å²) in [4.78, 5) is 13.1. The first-order valence-corrected chi connectivity index (χ1v) is 6.73. The standard InChI is InChI=1S/C14H15ClFN3O2/c1-18(8-9-19-7-3-6-17-19)13(14(20)21)12-10(15)4-2-5-11(12)16/h2-7,13H,8-9H2,1H3,(H,20,21). The molecule has 0 bridgehead atoms. The Kier molecular flexibility index (Phi) is 4.93. The maximum Gasteiger partial charge on any atom is 0.325 e. The number of rotatable bonds is 6. The number of halogens is 2. The maximum absolute atomic E-state index is 13.9. The molecule has 7 heteroatoms. The Morgan fingerprint density at radius 3 is 2.86 bits per heavy atom. The van der Waals surface area contributed by atoms with Gasteiger partial charge in [0.15, 0.2) is 0 Å². The number of likely N-dealkylation sites (N-methyl/N-ethyl adjacent to an activating group) is 1. The minimum atomic E-state index is -1.15. The summed E-state index contributed by atoms with van der Waals surface area (Å²) in [7, 11) is 1.62. The van der Waals surface area contributed by atoms with Crippen molar-refractivity contribution in [2.75, 3.05) is 13.6 Å². The van der Waals surface area contributed by atoms with Crippen LogP contribution in [0.4, 0.5) is 4.39 Å². The van der Waals surface area contributed by atoms with Crippen LogP contribution in [0, 0.1) is 5.82 Å². The van der Waals surface area contributed by atoms with Gasteiger partial charge >= 0.3 is 5.97 Å². The highest BCUT2D eigenvalue weighted by atomic mass is 35.5. The number of carboxylic acid groups (broad SMARTS) is 1. The minimum absolute atomic E-state index is 0.0189. The molecule has 0 spiro atoms. The zero-order chi connectivity index (χ0) is 15.4. The van der Waals surface area contributed by atoms with Gasteiger partial charge < -0.3 is 5.11 Å². The molecule has 0 radical (unpaired) electrons. The van der Waals surface area contributed by atoms with E-state index in [2.05, 4.69) is 5.10 Å². The molecule has 21 heavy (non-hydrogen) atoms. The van der Waals surface area contributed by atoms with Crippen LogP contribution in [0.2, 0.25) is 5.02 Å². The van der Waals surface area contributed by atoms with Crippen LogP contribution >= 0.6 is 11.6 Å². The van der Waals surface area contributed by atoms with Crippen LogP contribution in [0.5, 0.6) is 0 Å². The maximum atomic E-state index is 13.9. The summed E-state index contributed by atoms with van der Waals surface area (Å²) in [5.74, 6) is -1.77. The highest BCUT2D eigenvalue weighted by Gasteiger charge is 2.29. The lowest BCUT2D eigenvalue weighted by atomic mass is 10.0. The predicted molar refractivity (Wildman–Crippen MR) is 76.6 cm³/mol. The van der Waals surface area contributed by atoms with Crippen molar-refractivity contribution < 1.29 is 14.3 Å². The first-order valence-electron chi connectivity index (χ1n) is 6.35. The fraction of sp³-hybridized carbons (Fsp3) is 0.286. The Morgan fingerprint density at radius 2 is 2.29 bits per heavy atom. The number of aliphatic carboxylic acids is 1. The van der Waals surface area contributed by atoms with Crippen LogP contribution in [-0.2, 0) is 11.3 Å². The predicted octanol–water partition coefficient (Wildman–Crippen LogP) is 2.43. The van der Waals surface area contributed by atoms with Gasteiger partial charge in [0.1, 0.15) is 11.9 Å². The van der Waals surface area contributed by atoms with Crippen LogP contribution in [-0.4, -0.2) is 39.3 Å². The summed E-state index contributed by atoms with van der Waals surface area (Å²) in [6.45, 7) is 0.892. The first kappa shape index (κ1) is 15.5. The molecule has 1 aromatic heterocycles. The van der Waals surface area contributed by atoms with Crippen molar-refractivity contribution in [2.24, 2.45) is 0 Å². The zero-order valence-electron chi connectivity index (χ0n) is 11.4. The van der Waals surface area contributed by atoms with Crippen molar-refractivity contribution in [1.82, 2.24) is 14.7 Å². The van der Waals surface area contributed by atoms with Gasteiger partial charge in [-0.1, -0.05) is 17.7 Å². The monoisotopic (exact) mass is 311 g/mol. The van der Waals surface area contributed by atoms with Crippen LogP contribution in [0.3, 0.4) is 0 Å². The number of nitrogens with zero attached hydrogens (tertiary/aromatic N) is 3. The van der Waals surface area contributed by atoms with E-state index in [4.69, 9.17) is 11.6 Å². The molecular formula is C14H15ClFN3O2. The molecule has 0 saturated heterocycles. The summed E-state index contributed by atoms with van der Waals surface area (Å²) in [5, 5.41) is 13.6. The van der Waals surface area contributed by atoms with Crippen LogP contribution < -0.4 is 0 Å². The van der Waals surface area contributed by atoms with Crippen LogP contribution in [0.1, 0.15) is 11.6 Å². The number of aromatic nitrogens is 2. The van der Waals surface area contributed by atoms with Crippen molar-refractivity contribution >= 4 is 17.6 Å². The SMILES string of the molecule is CN(CCn1cccn1)C(C(=O)O)c1c(F)cccc1Cl. The highest BCUT2D eigenvalue weighted by Crippen LogP contribution is 2.29. The largest absolute Gasteiger partial charge is 0.480 e. The molecule has 0 aliphatic carbocycles. The summed E-state index contributed by atoms with van der Waals surface area (Å²) >= 11 is 5.96. The number of benzene rings is 1. The number of hydrogen-bond donors (Lipinski definition) is 1. The second-order valence-corrected chi connectivity index (χ2v) is 5.03. The normalized spacial score (nSPS) is 12.6. The van der Waals surface area contributed by atoms with Gasteiger partial charge in [-0.05, 0) is 25.2 Å². The van der Waals surface area contributed by atoms with Gasteiger partial charge in [0, 0.05) is 29.5 Å². The van der Waals surface area contributed by atoms with E-state index in [0.29, 0.717) is 13.1 Å². The van der Waals surface area contributed by atoms with E-state index in [0.717, 1.165) is 0 Å². The van der Waals surface area contributed by atoms with Crippen molar-refractivity contribution in [2.45, 2.75) is 12.6 Å². The molecule has 5 nitrogen and oxygen atoms in total. The smallest absolute Gasteiger partial charge is 0.325 e. The Hall–Kier alpha value is -1.92. The summed E-state index contributed by atoms with van der Waals surface area (Å²) in [5.41, 5.74) is -0.0189. The molecule has 2 aromatic rings. The lowest BCUT2D eigenvalue weighted by Gasteiger charge is -2.25. The van der Waals surface area contributed by atoms with E-state index in [9.17, 15) is 14.3 Å². The van der Waals surface area contributed by atoms with Gasteiger partial charge in [0.05, 0.1) is 6.54 Å². The third kappa shape index (κ3) is 3.59. The topological polar surface area (TPSA) is 58.4 Å². The molecular weight excluding hydrogens is 297 g/mol. The Labute approximate surface area is 126 Å².